The molecule has 0 radical (unpaired) electrons. The van der Waals surface area contributed by atoms with Crippen LogP contribution < -0.4 is 0 Å². The Balaban J connectivity index is 1.94. The summed E-state index contributed by atoms with van der Waals surface area (Å²) in [6.45, 7) is 0. The first-order valence-corrected chi connectivity index (χ1v) is 6.73. The molecule has 0 spiro atoms. The molecule has 1 aromatic heterocycles. The molecule has 1 aromatic carbocycles. The van der Waals surface area contributed by atoms with Crippen LogP contribution in [0, 0.1) is 0 Å². The van der Waals surface area contributed by atoms with E-state index in [1.165, 1.54) is 24.9 Å². The maximum atomic E-state index is 11.2. The lowest BCUT2D eigenvalue weighted by Crippen LogP contribution is -2.00. The lowest BCUT2D eigenvalue weighted by Gasteiger charge is -2.07. The average Bonchev–Trinajstić information content (AvgIpc) is 2.95. The number of aliphatic hydroxyl groups is 1. The number of methoxy groups -OCH3 is 1. The van der Waals surface area contributed by atoms with Crippen molar-refractivity contribution in [3.63, 3.8) is 0 Å². The fourth-order valence-corrected chi connectivity index (χ4v) is 2.38. The quantitative estimate of drug-likeness (QED) is 0.673. The second-order valence-corrected chi connectivity index (χ2v) is 4.93. The van der Waals surface area contributed by atoms with Gasteiger partial charge in [-0.15, -0.1) is 11.8 Å². The van der Waals surface area contributed by atoms with Crippen LogP contribution in [0.5, 0.6) is 0 Å². The Labute approximate surface area is 115 Å². The van der Waals surface area contributed by atoms with Gasteiger partial charge < -0.3 is 14.3 Å². The first-order chi connectivity index (χ1) is 9.20. The Bertz CT molecular complexity index is 535. The van der Waals surface area contributed by atoms with Gasteiger partial charge in [-0.25, -0.2) is 4.79 Å². The summed E-state index contributed by atoms with van der Waals surface area (Å²) in [4.78, 5) is 12.3. The second kappa shape index (κ2) is 6.45. The van der Waals surface area contributed by atoms with Crippen molar-refractivity contribution in [3.05, 3.63) is 54.0 Å². The zero-order chi connectivity index (χ0) is 13.7. The Morgan fingerprint density at radius 3 is 2.74 bits per heavy atom. The number of carbonyl (C=O) groups is 1. The molecule has 100 valence electrons. The second-order valence-electron chi connectivity index (χ2n) is 3.83. The normalized spacial score (nSPS) is 12.1. The molecule has 1 atom stereocenters. The van der Waals surface area contributed by atoms with Crippen LogP contribution in [0.1, 0.15) is 22.4 Å². The highest BCUT2D eigenvalue weighted by Crippen LogP contribution is 2.25. The molecule has 2 aromatic rings. The van der Waals surface area contributed by atoms with Crippen molar-refractivity contribution in [2.24, 2.45) is 0 Å². The van der Waals surface area contributed by atoms with E-state index in [4.69, 9.17) is 4.42 Å². The van der Waals surface area contributed by atoms with Crippen molar-refractivity contribution < 1.29 is 19.1 Å². The highest BCUT2D eigenvalue weighted by molar-refractivity contribution is 7.99. The number of thioether (sulfide) groups is 1. The van der Waals surface area contributed by atoms with Gasteiger partial charge in [-0.05, 0) is 24.3 Å². The Kier molecular flexibility index (Phi) is 4.65. The molecule has 2 rings (SSSR count). The van der Waals surface area contributed by atoms with Crippen LogP contribution >= 0.6 is 11.8 Å². The van der Waals surface area contributed by atoms with Crippen LogP contribution in [0.25, 0.3) is 0 Å². The summed E-state index contributed by atoms with van der Waals surface area (Å²) < 4.78 is 9.79. The monoisotopic (exact) mass is 278 g/mol. The molecule has 0 bridgehead atoms. The Hall–Kier alpha value is -1.72. The maximum absolute atomic E-state index is 11.2. The van der Waals surface area contributed by atoms with E-state index in [2.05, 4.69) is 4.74 Å². The molecule has 0 saturated carbocycles. The standard InChI is InChI=1S/C14H14O4S/c1-17-14(16)13-8-7-12(18-13)11(15)9-19-10-5-3-2-4-6-10/h2-8,11,15H,9H2,1H3. The van der Waals surface area contributed by atoms with Crippen molar-refractivity contribution in [1.82, 2.24) is 0 Å². The van der Waals surface area contributed by atoms with E-state index in [0.717, 1.165) is 4.90 Å². The molecule has 1 heterocycles. The number of hydrogen-bond acceptors (Lipinski definition) is 5. The molecule has 5 heteroatoms. The van der Waals surface area contributed by atoms with Gasteiger partial charge in [0.05, 0.1) is 7.11 Å². The van der Waals surface area contributed by atoms with Crippen LogP contribution in [0.2, 0.25) is 0 Å². The minimum Gasteiger partial charge on any atom is -0.463 e. The third-order valence-corrected chi connectivity index (χ3v) is 3.58. The molecular formula is C14H14O4S. The molecule has 0 amide bonds. The summed E-state index contributed by atoms with van der Waals surface area (Å²) in [5.74, 6) is 0.372. The highest BCUT2D eigenvalue weighted by atomic mass is 32.2. The van der Waals surface area contributed by atoms with E-state index in [1.54, 1.807) is 6.07 Å². The van der Waals surface area contributed by atoms with Gasteiger partial charge in [-0.3, -0.25) is 0 Å². The molecule has 1 N–H and O–H groups in total. The van der Waals surface area contributed by atoms with E-state index in [9.17, 15) is 9.90 Å². The highest BCUT2D eigenvalue weighted by Gasteiger charge is 2.16. The van der Waals surface area contributed by atoms with Gasteiger partial charge in [-0.1, -0.05) is 18.2 Å². The molecule has 0 fully saturated rings. The zero-order valence-corrected chi connectivity index (χ0v) is 11.2. The van der Waals surface area contributed by atoms with Crippen LogP contribution in [-0.4, -0.2) is 23.9 Å². The van der Waals surface area contributed by atoms with E-state index >= 15 is 0 Å². The fourth-order valence-electron chi connectivity index (χ4n) is 1.52. The molecule has 0 aliphatic rings. The van der Waals surface area contributed by atoms with Crippen LogP contribution in [0.4, 0.5) is 0 Å². The largest absolute Gasteiger partial charge is 0.463 e. The topological polar surface area (TPSA) is 59.7 Å². The molecule has 0 aliphatic heterocycles. The number of carbonyl (C=O) groups excluding carboxylic acids is 1. The molecule has 0 aliphatic carbocycles. The van der Waals surface area contributed by atoms with Crippen molar-refractivity contribution in [2.75, 3.05) is 12.9 Å². The van der Waals surface area contributed by atoms with Crippen molar-refractivity contribution >= 4 is 17.7 Å². The lowest BCUT2D eigenvalue weighted by atomic mass is 10.3. The predicted molar refractivity (Wildman–Crippen MR) is 72.2 cm³/mol. The summed E-state index contributed by atoms with van der Waals surface area (Å²) >= 11 is 1.52. The molecule has 0 saturated heterocycles. The third-order valence-electron chi connectivity index (χ3n) is 2.49. The van der Waals surface area contributed by atoms with Gasteiger partial charge in [0, 0.05) is 10.6 Å². The Morgan fingerprint density at radius 2 is 2.05 bits per heavy atom. The van der Waals surface area contributed by atoms with Crippen molar-refractivity contribution in [3.8, 4) is 0 Å². The van der Waals surface area contributed by atoms with Gasteiger partial charge in [-0.2, -0.15) is 0 Å². The van der Waals surface area contributed by atoms with E-state index < -0.39 is 12.1 Å². The first kappa shape index (κ1) is 13.7. The van der Waals surface area contributed by atoms with Gasteiger partial charge in [0.25, 0.3) is 0 Å². The Morgan fingerprint density at radius 1 is 1.32 bits per heavy atom. The predicted octanol–water partition coefficient (Wildman–Crippen LogP) is 2.89. The van der Waals surface area contributed by atoms with Crippen LogP contribution in [0.15, 0.2) is 51.8 Å². The van der Waals surface area contributed by atoms with E-state index in [0.29, 0.717) is 11.5 Å². The summed E-state index contributed by atoms with van der Waals surface area (Å²) in [5.41, 5.74) is 0. The molecule has 4 nitrogen and oxygen atoms in total. The summed E-state index contributed by atoms with van der Waals surface area (Å²) in [7, 11) is 1.28. The van der Waals surface area contributed by atoms with Crippen molar-refractivity contribution in [1.29, 1.82) is 0 Å². The number of aliphatic hydroxyl groups excluding tert-OH is 1. The van der Waals surface area contributed by atoms with Crippen LogP contribution in [0.3, 0.4) is 0 Å². The van der Waals surface area contributed by atoms with Gasteiger partial charge >= 0.3 is 5.97 Å². The summed E-state index contributed by atoms with van der Waals surface area (Å²) in [5, 5.41) is 9.98. The maximum Gasteiger partial charge on any atom is 0.373 e. The van der Waals surface area contributed by atoms with Gasteiger partial charge in [0.15, 0.2) is 0 Å². The SMILES string of the molecule is COC(=O)c1ccc(C(O)CSc2ccccc2)o1. The van der Waals surface area contributed by atoms with Crippen molar-refractivity contribution in [2.45, 2.75) is 11.0 Å². The number of benzene rings is 1. The zero-order valence-electron chi connectivity index (χ0n) is 10.4. The summed E-state index contributed by atoms with van der Waals surface area (Å²) in [6.07, 6.45) is -0.761. The van der Waals surface area contributed by atoms with E-state index in [1.807, 2.05) is 30.3 Å². The van der Waals surface area contributed by atoms with Gasteiger partial charge in [0.1, 0.15) is 11.9 Å². The number of furan rings is 1. The number of esters is 1. The minimum absolute atomic E-state index is 0.0984. The third kappa shape index (κ3) is 3.62. The number of rotatable bonds is 5. The fraction of sp³-hybridized carbons (Fsp3) is 0.214. The number of ether oxygens (including phenoxy) is 1. The average molecular weight is 278 g/mol. The van der Waals surface area contributed by atoms with Crippen LogP contribution in [-0.2, 0) is 4.74 Å². The van der Waals surface area contributed by atoms with E-state index in [-0.39, 0.29) is 5.76 Å². The molecular weight excluding hydrogens is 264 g/mol. The smallest absolute Gasteiger partial charge is 0.373 e. The molecule has 1 unspecified atom stereocenters. The number of hydrogen-bond donors (Lipinski definition) is 1. The minimum atomic E-state index is -0.761. The lowest BCUT2D eigenvalue weighted by molar-refractivity contribution is 0.0557. The summed E-state index contributed by atoms with van der Waals surface area (Å²) in [6, 6.07) is 12.8. The van der Waals surface area contributed by atoms with Gasteiger partial charge in [0.2, 0.25) is 5.76 Å². The first-order valence-electron chi connectivity index (χ1n) is 5.74. The molecule has 19 heavy (non-hydrogen) atoms.